The first-order chi connectivity index (χ1) is 8.85. The van der Waals surface area contributed by atoms with E-state index in [0.717, 1.165) is 31.0 Å². The van der Waals surface area contributed by atoms with Crippen molar-refractivity contribution in [2.75, 3.05) is 7.05 Å². The fraction of sp³-hybridized carbons (Fsp3) is 0.625. The van der Waals surface area contributed by atoms with Crippen molar-refractivity contribution in [3.63, 3.8) is 0 Å². The van der Waals surface area contributed by atoms with Gasteiger partial charge in [0.1, 0.15) is 0 Å². The van der Waals surface area contributed by atoms with Gasteiger partial charge in [0, 0.05) is 6.04 Å². The Kier molecular flexibility index (Phi) is 2.49. The second-order valence-corrected chi connectivity index (χ2v) is 6.27. The van der Waals surface area contributed by atoms with Gasteiger partial charge in [0.25, 0.3) is 0 Å². The molecule has 1 heterocycles. The zero-order valence-corrected chi connectivity index (χ0v) is 11.0. The quantitative estimate of drug-likeness (QED) is 0.881. The zero-order valence-electron chi connectivity index (χ0n) is 11.0. The number of hydrogen-bond acceptors (Lipinski definition) is 2. The Morgan fingerprint density at radius 3 is 2.67 bits per heavy atom. The van der Waals surface area contributed by atoms with E-state index in [-0.39, 0.29) is 0 Å². The summed E-state index contributed by atoms with van der Waals surface area (Å²) in [6.07, 6.45) is 4.37. The third-order valence-corrected chi connectivity index (χ3v) is 5.17. The summed E-state index contributed by atoms with van der Waals surface area (Å²) >= 11 is 0. The highest BCUT2D eigenvalue weighted by Crippen LogP contribution is 2.57. The van der Waals surface area contributed by atoms with Crippen LogP contribution in [-0.2, 0) is 18.0 Å². The van der Waals surface area contributed by atoms with Crippen molar-refractivity contribution in [3.05, 3.63) is 34.9 Å². The molecule has 1 aromatic rings. The molecular weight excluding hydrogens is 222 g/mol. The van der Waals surface area contributed by atoms with Crippen LogP contribution in [0, 0.1) is 17.8 Å². The number of fused-ring (bicyclic) bond motifs is 2. The Morgan fingerprint density at radius 1 is 1.11 bits per heavy atom. The average molecular weight is 243 g/mol. The standard InChI is InChI=1S/C16H21NO/c1-17-16(14-6-12-5-13(12)7-14)10-2-3-11-8-18-9-15(11)4-10/h2-4,12-14,16-17H,5-9H2,1H3. The average Bonchev–Trinajstić information content (AvgIpc) is 2.82. The highest BCUT2D eigenvalue weighted by atomic mass is 16.5. The summed E-state index contributed by atoms with van der Waals surface area (Å²) in [5, 5.41) is 3.55. The molecule has 2 saturated carbocycles. The van der Waals surface area contributed by atoms with E-state index in [2.05, 4.69) is 30.6 Å². The summed E-state index contributed by atoms with van der Waals surface area (Å²) in [5.41, 5.74) is 4.24. The van der Waals surface area contributed by atoms with Gasteiger partial charge in [-0.2, -0.15) is 0 Å². The van der Waals surface area contributed by atoms with Gasteiger partial charge in [0.05, 0.1) is 13.2 Å². The molecule has 2 heteroatoms. The van der Waals surface area contributed by atoms with Crippen LogP contribution < -0.4 is 5.32 Å². The molecule has 1 N–H and O–H groups in total. The number of ether oxygens (including phenoxy) is 1. The Hall–Kier alpha value is -0.860. The molecule has 18 heavy (non-hydrogen) atoms. The Labute approximate surface area is 109 Å². The van der Waals surface area contributed by atoms with Crippen molar-refractivity contribution in [1.29, 1.82) is 0 Å². The first-order valence-electron chi connectivity index (χ1n) is 7.22. The van der Waals surface area contributed by atoms with Gasteiger partial charge < -0.3 is 10.1 Å². The minimum atomic E-state index is 0.545. The normalized spacial score (nSPS) is 34.2. The van der Waals surface area contributed by atoms with Gasteiger partial charge in [-0.05, 0) is 60.8 Å². The molecule has 4 rings (SSSR count). The molecule has 2 fully saturated rings. The fourth-order valence-corrected chi connectivity index (χ4v) is 4.09. The van der Waals surface area contributed by atoms with Crippen LogP contribution in [0.25, 0.3) is 0 Å². The minimum absolute atomic E-state index is 0.545. The van der Waals surface area contributed by atoms with Crippen LogP contribution in [0.15, 0.2) is 18.2 Å². The van der Waals surface area contributed by atoms with E-state index in [9.17, 15) is 0 Å². The number of rotatable bonds is 3. The van der Waals surface area contributed by atoms with E-state index < -0.39 is 0 Å². The van der Waals surface area contributed by atoms with Gasteiger partial charge in [0.2, 0.25) is 0 Å². The molecule has 3 aliphatic rings. The summed E-state index contributed by atoms with van der Waals surface area (Å²) < 4.78 is 5.51. The minimum Gasteiger partial charge on any atom is -0.372 e. The molecule has 0 bridgehead atoms. The summed E-state index contributed by atoms with van der Waals surface area (Å²) in [5.74, 6) is 2.96. The lowest BCUT2D eigenvalue weighted by molar-refractivity contribution is 0.134. The second-order valence-electron chi connectivity index (χ2n) is 6.27. The topological polar surface area (TPSA) is 21.3 Å². The first-order valence-corrected chi connectivity index (χ1v) is 7.22. The molecule has 0 spiro atoms. The number of benzene rings is 1. The largest absolute Gasteiger partial charge is 0.372 e. The van der Waals surface area contributed by atoms with Crippen molar-refractivity contribution < 1.29 is 4.74 Å². The molecule has 0 amide bonds. The van der Waals surface area contributed by atoms with E-state index in [4.69, 9.17) is 4.74 Å². The summed E-state index contributed by atoms with van der Waals surface area (Å²) in [7, 11) is 2.11. The van der Waals surface area contributed by atoms with Crippen molar-refractivity contribution in [2.24, 2.45) is 17.8 Å². The maximum atomic E-state index is 5.51. The predicted molar refractivity (Wildman–Crippen MR) is 71.1 cm³/mol. The maximum Gasteiger partial charge on any atom is 0.0725 e. The molecule has 96 valence electrons. The molecule has 0 saturated heterocycles. The summed E-state index contributed by atoms with van der Waals surface area (Å²) in [6, 6.07) is 7.48. The van der Waals surface area contributed by atoms with Gasteiger partial charge in [-0.25, -0.2) is 0 Å². The van der Waals surface area contributed by atoms with Crippen LogP contribution in [0.1, 0.15) is 42.0 Å². The third kappa shape index (κ3) is 1.70. The smallest absolute Gasteiger partial charge is 0.0725 e. The van der Waals surface area contributed by atoms with Crippen LogP contribution in [-0.4, -0.2) is 7.05 Å². The lowest BCUT2D eigenvalue weighted by atomic mass is 9.88. The van der Waals surface area contributed by atoms with E-state index in [1.165, 1.54) is 36.0 Å². The maximum absolute atomic E-state index is 5.51. The molecule has 1 aliphatic heterocycles. The van der Waals surface area contributed by atoms with E-state index in [0.29, 0.717) is 6.04 Å². The Balaban J connectivity index is 1.59. The lowest BCUT2D eigenvalue weighted by Crippen LogP contribution is -2.24. The van der Waals surface area contributed by atoms with Crippen LogP contribution in [0.2, 0.25) is 0 Å². The fourth-order valence-electron chi connectivity index (χ4n) is 4.09. The van der Waals surface area contributed by atoms with Crippen molar-refractivity contribution >= 4 is 0 Å². The van der Waals surface area contributed by atoms with Gasteiger partial charge in [-0.1, -0.05) is 18.2 Å². The van der Waals surface area contributed by atoms with Crippen LogP contribution in [0.5, 0.6) is 0 Å². The molecule has 2 aliphatic carbocycles. The Morgan fingerprint density at radius 2 is 1.89 bits per heavy atom. The first kappa shape index (κ1) is 11.0. The second kappa shape index (κ2) is 4.07. The molecule has 0 aromatic heterocycles. The van der Waals surface area contributed by atoms with Crippen molar-refractivity contribution in [3.8, 4) is 0 Å². The van der Waals surface area contributed by atoms with Crippen LogP contribution >= 0.6 is 0 Å². The molecule has 2 nitrogen and oxygen atoms in total. The highest BCUT2D eigenvalue weighted by Gasteiger charge is 2.47. The van der Waals surface area contributed by atoms with Gasteiger partial charge in [0.15, 0.2) is 0 Å². The highest BCUT2D eigenvalue weighted by molar-refractivity contribution is 5.35. The molecule has 0 radical (unpaired) electrons. The van der Waals surface area contributed by atoms with E-state index in [1.807, 2.05) is 0 Å². The molecular formula is C16H21NO. The monoisotopic (exact) mass is 243 g/mol. The summed E-state index contributed by atoms with van der Waals surface area (Å²) in [6.45, 7) is 1.60. The molecule has 3 atom stereocenters. The number of hydrogen-bond donors (Lipinski definition) is 1. The van der Waals surface area contributed by atoms with Crippen LogP contribution in [0.3, 0.4) is 0 Å². The van der Waals surface area contributed by atoms with E-state index >= 15 is 0 Å². The zero-order chi connectivity index (χ0) is 12.1. The van der Waals surface area contributed by atoms with Crippen molar-refractivity contribution in [1.82, 2.24) is 5.32 Å². The van der Waals surface area contributed by atoms with Crippen LogP contribution in [0.4, 0.5) is 0 Å². The van der Waals surface area contributed by atoms with Gasteiger partial charge in [-0.3, -0.25) is 0 Å². The van der Waals surface area contributed by atoms with E-state index in [1.54, 1.807) is 0 Å². The van der Waals surface area contributed by atoms with Crippen molar-refractivity contribution in [2.45, 2.75) is 38.5 Å². The van der Waals surface area contributed by atoms with Gasteiger partial charge in [-0.15, -0.1) is 0 Å². The SMILES string of the molecule is CNC(c1ccc2c(c1)COC2)C1CC2CC2C1. The summed E-state index contributed by atoms with van der Waals surface area (Å²) in [4.78, 5) is 0. The molecule has 1 aromatic carbocycles. The lowest BCUT2D eigenvalue weighted by Gasteiger charge is -2.25. The predicted octanol–water partition coefficient (Wildman–Crippen LogP) is 3.02. The number of nitrogens with one attached hydrogen (secondary N) is 1. The molecule has 3 unspecified atom stereocenters. The van der Waals surface area contributed by atoms with Gasteiger partial charge >= 0.3 is 0 Å². The third-order valence-electron chi connectivity index (χ3n) is 5.17. The Bertz CT molecular complexity index is 460.